The fraction of sp³-hybridized carbons (Fsp3) is 0.550. The van der Waals surface area contributed by atoms with E-state index in [-0.39, 0.29) is 5.91 Å². The standard InChI is InChI=1S/C20H30N4O3S2/c1-4-7-11-22-19-23-24-20(29-19)28-14-18(25)21-12-10-15-8-9-16(26-5-2)17(13-15)27-6-3/h8-9,13H,4-7,10-12,14H2,1-3H3,(H,21,25)(H,22,23). The Balaban J connectivity index is 1.72. The summed E-state index contributed by atoms with van der Waals surface area (Å²) in [7, 11) is 0. The lowest BCUT2D eigenvalue weighted by Crippen LogP contribution is -2.27. The van der Waals surface area contributed by atoms with Crippen molar-refractivity contribution in [3.63, 3.8) is 0 Å². The molecule has 0 bridgehead atoms. The average Bonchev–Trinajstić information content (AvgIpc) is 3.17. The number of hydrogen-bond donors (Lipinski definition) is 2. The van der Waals surface area contributed by atoms with Gasteiger partial charge in [0.05, 0.1) is 19.0 Å². The maximum absolute atomic E-state index is 12.1. The third-order valence-electron chi connectivity index (χ3n) is 3.88. The van der Waals surface area contributed by atoms with E-state index >= 15 is 0 Å². The molecule has 0 unspecified atom stereocenters. The van der Waals surface area contributed by atoms with Crippen molar-refractivity contribution in [1.82, 2.24) is 15.5 Å². The summed E-state index contributed by atoms with van der Waals surface area (Å²) < 4.78 is 12.0. The number of rotatable bonds is 14. The minimum Gasteiger partial charge on any atom is -0.490 e. The van der Waals surface area contributed by atoms with Gasteiger partial charge in [-0.2, -0.15) is 0 Å². The van der Waals surface area contributed by atoms with Crippen molar-refractivity contribution >= 4 is 34.1 Å². The van der Waals surface area contributed by atoms with Gasteiger partial charge in [0.2, 0.25) is 11.0 Å². The van der Waals surface area contributed by atoms with Crippen molar-refractivity contribution in [2.45, 2.75) is 44.4 Å². The number of benzene rings is 1. The number of thioether (sulfide) groups is 1. The summed E-state index contributed by atoms with van der Waals surface area (Å²) >= 11 is 2.89. The molecule has 0 aliphatic heterocycles. The Morgan fingerprint density at radius 3 is 2.66 bits per heavy atom. The van der Waals surface area contributed by atoms with Gasteiger partial charge in [0.25, 0.3) is 0 Å². The number of nitrogens with zero attached hydrogens (tertiary/aromatic N) is 2. The van der Waals surface area contributed by atoms with Crippen LogP contribution in [0, 0.1) is 0 Å². The average molecular weight is 439 g/mol. The number of aromatic nitrogens is 2. The van der Waals surface area contributed by atoms with E-state index in [1.165, 1.54) is 23.1 Å². The van der Waals surface area contributed by atoms with Crippen LogP contribution in [0.5, 0.6) is 11.5 Å². The number of amides is 1. The molecule has 1 aromatic carbocycles. The number of carbonyl (C=O) groups excluding carboxylic acids is 1. The second-order valence-corrected chi connectivity index (χ2v) is 8.39. The van der Waals surface area contributed by atoms with Crippen LogP contribution >= 0.6 is 23.1 Å². The van der Waals surface area contributed by atoms with Crippen LogP contribution in [-0.2, 0) is 11.2 Å². The topological polar surface area (TPSA) is 85.4 Å². The van der Waals surface area contributed by atoms with E-state index < -0.39 is 0 Å². The van der Waals surface area contributed by atoms with E-state index in [4.69, 9.17) is 9.47 Å². The number of unbranched alkanes of at least 4 members (excludes halogenated alkanes) is 1. The van der Waals surface area contributed by atoms with Crippen LogP contribution in [0.2, 0.25) is 0 Å². The van der Waals surface area contributed by atoms with Gasteiger partial charge in [0.15, 0.2) is 15.8 Å². The molecule has 0 saturated heterocycles. The molecule has 2 rings (SSSR count). The Morgan fingerprint density at radius 2 is 1.90 bits per heavy atom. The zero-order chi connectivity index (χ0) is 20.9. The Bertz CT molecular complexity index is 755. The van der Waals surface area contributed by atoms with Gasteiger partial charge in [0.1, 0.15) is 0 Å². The fourth-order valence-electron chi connectivity index (χ4n) is 2.49. The van der Waals surface area contributed by atoms with E-state index in [0.717, 1.165) is 52.3 Å². The Morgan fingerprint density at radius 1 is 1.10 bits per heavy atom. The molecule has 0 spiro atoms. The monoisotopic (exact) mass is 438 g/mol. The second-order valence-electron chi connectivity index (χ2n) is 6.19. The molecule has 7 nitrogen and oxygen atoms in total. The summed E-state index contributed by atoms with van der Waals surface area (Å²) in [6.45, 7) is 8.68. The van der Waals surface area contributed by atoms with Crippen LogP contribution in [0.1, 0.15) is 39.2 Å². The highest BCUT2D eigenvalue weighted by Gasteiger charge is 2.09. The third-order valence-corrected chi connectivity index (χ3v) is 5.90. The molecule has 2 aromatic rings. The molecular formula is C20H30N4O3S2. The van der Waals surface area contributed by atoms with Crippen molar-refractivity contribution in [2.75, 3.05) is 37.4 Å². The molecule has 0 saturated carbocycles. The van der Waals surface area contributed by atoms with Crippen molar-refractivity contribution in [3.8, 4) is 11.5 Å². The number of ether oxygens (including phenoxy) is 2. The summed E-state index contributed by atoms with van der Waals surface area (Å²) in [5.74, 6) is 1.81. The van der Waals surface area contributed by atoms with Crippen molar-refractivity contribution in [1.29, 1.82) is 0 Å². The van der Waals surface area contributed by atoms with Gasteiger partial charge in [-0.15, -0.1) is 10.2 Å². The SMILES string of the molecule is CCCCNc1nnc(SCC(=O)NCCc2ccc(OCC)c(OCC)c2)s1. The molecule has 0 radical (unpaired) electrons. The summed E-state index contributed by atoms with van der Waals surface area (Å²) in [6.07, 6.45) is 2.97. The molecule has 1 aromatic heterocycles. The van der Waals surface area contributed by atoms with Gasteiger partial charge in [-0.25, -0.2) is 0 Å². The fourth-order valence-corrected chi connectivity index (χ4v) is 4.09. The first-order valence-corrected chi connectivity index (χ1v) is 11.8. The first-order valence-electron chi connectivity index (χ1n) is 10.0. The first kappa shape index (κ1) is 23.3. The smallest absolute Gasteiger partial charge is 0.230 e. The molecule has 2 N–H and O–H groups in total. The van der Waals surface area contributed by atoms with Gasteiger partial charge in [-0.1, -0.05) is 42.5 Å². The molecule has 0 fully saturated rings. The van der Waals surface area contributed by atoms with Gasteiger partial charge < -0.3 is 20.1 Å². The zero-order valence-corrected chi connectivity index (χ0v) is 19.0. The highest BCUT2D eigenvalue weighted by Crippen LogP contribution is 2.28. The molecule has 0 aliphatic carbocycles. The molecular weight excluding hydrogens is 408 g/mol. The Labute approximate surface area is 181 Å². The van der Waals surface area contributed by atoms with Gasteiger partial charge in [0, 0.05) is 13.1 Å². The lowest BCUT2D eigenvalue weighted by Gasteiger charge is -2.12. The molecule has 0 aliphatic rings. The minimum absolute atomic E-state index is 0.0124. The van der Waals surface area contributed by atoms with Crippen LogP contribution in [0.3, 0.4) is 0 Å². The van der Waals surface area contributed by atoms with Gasteiger partial charge in [-0.05, 0) is 44.4 Å². The third kappa shape index (κ3) is 8.49. The van der Waals surface area contributed by atoms with Crippen LogP contribution < -0.4 is 20.1 Å². The van der Waals surface area contributed by atoms with Gasteiger partial charge in [-0.3, -0.25) is 4.79 Å². The van der Waals surface area contributed by atoms with Crippen molar-refractivity contribution in [3.05, 3.63) is 23.8 Å². The summed E-state index contributed by atoms with van der Waals surface area (Å²) in [5, 5.41) is 15.2. The maximum Gasteiger partial charge on any atom is 0.230 e. The van der Waals surface area contributed by atoms with Crippen molar-refractivity contribution < 1.29 is 14.3 Å². The van der Waals surface area contributed by atoms with Crippen LogP contribution in [0.15, 0.2) is 22.5 Å². The highest BCUT2D eigenvalue weighted by atomic mass is 32.2. The quantitative estimate of drug-likeness (QED) is 0.341. The molecule has 29 heavy (non-hydrogen) atoms. The van der Waals surface area contributed by atoms with E-state index in [1.807, 2.05) is 32.0 Å². The van der Waals surface area contributed by atoms with E-state index in [1.54, 1.807) is 0 Å². The van der Waals surface area contributed by atoms with E-state index in [2.05, 4.69) is 27.8 Å². The largest absolute Gasteiger partial charge is 0.490 e. The number of anilines is 1. The molecule has 0 atom stereocenters. The van der Waals surface area contributed by atoms with Crippen molar-refractivity contribution in [2.24, 2.45) is 0 Å². The lowest BCUT2D eigenvalue weighted by atomic mass is 10.1. The first-order chi connectivity index (χ1) is 14.2. The van der Waals surface area contributed by atoms with Gasteiger partial charge >= 0.3 is 0 Å². The number of hydrogen-bond acceptors (Lipinski definition) is 8. The van der Waals surface area contributed by atoms with E-state index in [0.29, 0.717) is 25.5 Å². The zero-order valence-electron chi connectivity index (χ0n) is 17.3. The molecule has 1 heterocycles. The van der Waals surface area contributed by atoms with E-state index in [9.17, 15) is 4.79 Å². The van der Waals surface area contributed by atoms with Crippen LogP contribution in [0.4, 0.5) is 5.13 Å². The summed E-state index contributed by atoms with van der Waals surface area (Å²) in [4.78, 5) is 12.1. The second kappa shape index (κ2) is 13.3. The van der Waals surface area contributed by atoms with Crippen LogP contribution in [-0.4, -0.2) is 48.2 Å². The highest BCUT2D eigenvalue weighted by molar-refractivity contribution is 8.01. The molecule has 9 heteroatoms. The Kier molecular flexibility index (Phi) is 10.6. The predicted octanol–water partition coefficient (Wildman–Crippen LogP) is 4.00. The molecule has 1 amide bonds. The molecule has 160 valence electrons. The lowest BCUT2D eigenvalue weighted by molar-refractivity contribution is -0.118. The number of nitrogens with one attached hydrogen (secondary N) is 2. The summed E-state index contributed by atoms with van der Waals surface area (Å²) in [6, 6.07) is 5.90. The minimum atomic E-state index is -0.0124. The maximum atomic E-state index is 12.1. The predicted molar refractivity (Wildman–Crippen MR) is 120 cm³/mol. The normalized spacial score (nSPS) is 10.6. The summed E-state index contributed by atoms with van der Waals surface area (Å²) in [5.41, 5.74) is 1.09. The Hall–Kier alpha value is -2.00. The van der Waals surface area contributed by atoms with Crippen LogP contribution in [0.25, 0.3) is 0 Å². The number of carbonyl (C=O) groups is 1.